The van der Waals surface area contributed by atoms with Crippen LogP contribution >= 0.6 is 0 Å². The summed E-state index contributed by atoms with van der Waals surface area (Å²) in [5.41, 5.74) is 2.46. The molecule has 88 valence electrons. The fourth-order valence-corrected chi connectivity index (χ4v) is 2.04. The van der Waals surface area contributed by atoms with Crippen LogP contribution in [-0.2, 0) is 6.42 Å². The van der Waals surface area contributed by atoms with E-state index in [4.69, 9.17) is 0 Å². The SMILES string of the molecule is Cc1ccc(CCN2CCC(F)(F)C2)cc1. The molecular weight excluding hydrogens is 208 g/mol. The molecule has 1 saturated heterocycles. The summed E-state index contributed by atoms with van der Waals surface area (Å²) in [4.78, 5) is 1.85. The molecule has 1 fully saturated rings. The third-order valence-electron chi connectivity index (χ3n) is 3.09. The molecule has 0 atom stereocenters. The van der Waals surface area contributed by atoms with Gasteiger partial charge in [0.15, 0.2) is 0 Å². The third kappa shape index (κ3) is 3.01. The van der Waals surface area contributed by atoms with Crippen LogP contribution in [0.25, 0.3) is 0 Å². The van der Waals surface area contributed by atoms with Crippen molar-refractivity contribution in [2.24, 2.45) is 0 Å². The molecule has 0 N–H and O–H groups in total. The molecular formula is C13H17F2N. The fourth-order valence-electron chi connectivity index (χ4n) is 2.04. The molecule has 1 heterocycles. The lowest BCUT2D eigenvalue weighted by Gasteiger charge is -2.15. The molecule has 0 bridgehead atoms. The topological polar surface area (TPSA) is 3.24 Å². The molecule has 0 radical (unpaired) electrons. The number of nitrogens with zero attached hydrogens (tertiary/aromatic N) is 1. The molecule has 3 heteroatoms. The minimum absolute atomic E-state index is 0.0148. The van der Waals surface area contributed by atoms with Crippen molar-refractivity contribution in [1.29, 1.82) is 0 Å². The van der Waals surface area contributed by atoms with Crippen LogP contribution in [-0.4, -0.2) is 30.5 Å². The number of rotatable bonds is 3. The number of hydrogen-bond acceptors (Lipinski definition) is 1. The predicted octanol–water partition coefficient (Wildman–Crippen LogP) is 2.88. The molecule has 0 spiro atoms. The van der Waals surface area contributed by atoms with Gasteiger partial charge >= 0.3 is 0 Å². The second kappa shape index (κ2) is 4.50. The normalized spacial score (nSPS) is 20.2. The van der Waals surface area contributed by atoms with Crippen LogP contribution in [0, 0.1) is 6.92 Å². The van der Waals surface area contributed by atoms with Crippen molar-refractivity contribution in [3.8, 4) is 0 Å². The van der Waals surface area contributed by atoms with Gasteiger partial charge in [-0.05, 0) is 18.9 Å². The molecule has 0 aliphatic carbocycles. The number of halogens is 2. The Morgan fingerprint density at radius 3 is 2.50 bits per heavy atom. The zero-order valence-electron chi connectivity index (χ0n) is 9.55. The highest BCUT2D eigenvalue weighted by molar-refractivity contribution is 5.21. The van der Waals surface area contributed by atoms with E-state index < -0.39 is 5.92 Å². The first-order chi connectivity index (χ1) is 7.55. The average Bonchev–Trinajstić information content (AvgIpc) is 2.58. The minimum Gasteiger partial charge on any atom is -0.297 e. The van der Waals surface area contributed by atoms with E-state index in [1.165, 1.54) is 11.1 Å². The highest BCUT2D eigenvalue weighted by atomic mass is 19.3. The van der Waals surface area contributed by atoms with Crippen LogP contribution in [0.4, 0.5) is 8.78 Å². The second-order valence-corrected chi connectivity index (χ2v) is 4.62. The Morgan fingerprint density at radius 1 is 1.25 bits per heavy atom. The summed E-state index contributed by atoms with van der Waals surface area (Å²) in [7, 11) is 0. The van der Waals surface area contributed by atoms with Gasteiger partial charge in [0.05, 0.1) is 6.54 Å². The van der Waals surface area contributed by atoms with Crippen LogP contribution in [0.1, 0.15) is 17.5 Å². The summed E-state index contributed by atoms with van der Waals surface area (Å²) in [6.07, 6.45) is 0.872. The monoisotopic (exact) mass is 225 g/mol. The van der Waals surface area contributed by atoms with Crippen LogP contribution < -0.4 is 0 Å². The number of benzene rings is 1. The van der Waals surface area contributed by atoms with E-state index in [1.54, 1.807) is 0 Å². The van der Waals surface area contributed by atoms with E-state index in [2.05, 4.69) is 24.3 Å². The Morgan fingerprint density at radius 2 is 1.94 bits per heavy atom. The molecule has 1 nitrogen and oxygen atoms in total. The largest absolute Gasteiger partial charge is 0.297 e. The Hall–Kier alpha value is -0.960. The van der Waals surface area contributed by atoms with Crippen LogP contribution in [0.3, 0.4) is 0 Å². The van der Waals surface area contributed by atoms with E-state index in [0.717, 1.165) is 13.0 Å². The number of hydrogen-bond donors (Lipinski definition) is 0. The van der Waals surface area contributed by atoms with Crippen LogP contribution in [0.15, 0.2) is 24.3 Å². The maximum atomic E-state index is 12.9. The Bertz CT molecular complexity index is 345. The van der Waals surface area contributed by atoms with Crippen LogP contribution in [0.5, 0.6) is 0 Å². The quantitative estimate of drug-likeness (QED) is 0.764. The summed E-state index contributed by atoms with van der Waals surface area (Å²) in [5, 5.41) is 0. The van der Waals surface area contributed by atoms with Crippen molar-refractivity contribution in [2.75, 3.05) is 19.6 Å². The predicted molar refractivity (Wildman–Crippen MR) is 60.9 cm³/mol. The first-order valence-electron chi connectivity index (χ1n) is 5.71. The van der Waals surface area contributed by atoms with Gasteiger partial charge in [0.25, 0.3) is 5.92 Å². The Kier molecular flexibility index (Phi) is 3.24. The molecule has 1 aromatic rings. The lowest BCUT2D eigenvalue weighted by molar-refractivity contribution is 0.0123. The van der Waals surface area contributed by atoms with Crippen molar-refractivity contribution in [3.63, 3.8) is 0 Å². The van der Waals surface area contributed by atoms with Crippen molar-refractivity contribution >= 4 is 0 Å². The van der Waals surface area contributed by atoms with E-state index >= 15 is 0 Å². The van der Waals surface area contributed by atoms with Gasteiger partial charge in [-0.1, -0.05) is 29.8 Å². The number of likely N-dealkylation sites (tertiary alicyclic amines) is 1. The van der Waals surface area contributed by atoms with Gasteiger partial charge in [0.2, 0.25) is 0 Å². The van der Waals surface area contributed by atoms with E-state index in [-0.39, 0.29) is 13.0 Å². The molecule has 1 aliphatic heterocycles. The van der Waals surface area contributed by atoms with Gasteiger partial charge in [-0.25, -0.2) is 8.78 Å². The van der Waals surface area contributed by atoms with Crippen molar-refractivity contribution in [2.45, 2.75) is 25.7 Å². The maximum absolute atomic E-state index is 12.9. The summed E-state index contributed by atoms with van der Waals surface area (Å²) < 4.78 is 25.9. The third-order valence-corrected chi connectivity index (χ3v) is 3.09. The summed E-state index contributed by atoms with van der Waals surface area (Å²) >= 11 is 0. The van der Waals surface area contributed by atoms with Crippen LogP contribution in [0.2, 0.25) is 0 Å². The van der Waals surface area contributed by atoms with Crippen molar-refractivity contribution in [3.05, 3.63) is 35.4 Å². The highest BCUT2D eigenvalue weighted by Gasteiger charge is 2.37. The van der Waals surface area contributed by atoms with Gasteiger partial charge < -0.3 is 0 Å². The summed E-state index contributed by atoms with van der Waals surface area (Å²) in [6.45, 7) is 3.24. The zero-order chi connectivity index (χ0) is 11.6. The maximum Gasteiger partial charge on any atom is 0.261 e. The molecule has 0 aromatic heterocycles. The van der Waals surface area contributed by atoms with Gasteiger partial charge in [-0.15, -0.1) is 0 Å². The van der Waals surface area contributed by atoms with Gasteiger partial charge in [0.1, 0.15) is 0 Å². The van der Waals surface area contributed by atoms with Gasteiger partial charge in [-0.3, -0.25) is 4.90 Å². The van der Waals surface area contributed by atoms with Crippen molar-refractivity contribution < 1.29 is 8.78 Å². The number of alkyl halides is 2. The molecule has 16 heavy (non-hydrogen) atoms. The second-order valence-electron chi connectivity index (χ2n) is 4.62. The first kappa shape index (κ1) is 11.5. The summed E-state index contributed by atoms with van der Waals surface area (Å²) in [5.74, 6) is -2.47. The van der Waals surface area contributed by atoms with Gasteiger partial charge in [0, 0.05) is 19.5 Å². The molecule has 0 unspecified atom stereocenters. The highest BCUT2D eigenvalue weighted by Crippen LogP contribution is 2.26. The summed E-state index contributed by atoms with van der Waals surface area (Å²) in [6, 6.07) is 8.27. The van der Waals surface area contributed by atoms with E-state index in [1.807, 2.05) is 11.8 Å². The molecule has 0 amide bonds. The van der Waals surface area contributed by atoms with Crippen molar-refractivity contribution in [1.82, 2.24) is 4.90 Å². The molecule has 0 saturated carbocycles. The first-order valence-corrected chi connectivity index (χ1v) is 5.71. The zero-order valence-corrected chi connectivity index (χ0v) is 9.55. The average molecular weight is 225 g/mol. The number of aryl methyl sites for hydroxylation is 1. The fraction of sp³-hybridized carbons (Fsp3) is 0.538. The lowest BCUT2D eigenvalue weighted by atomic mass is 10.1. The standard InChI is InChI=1S/C13H17F2N/c1-11-2-4-12(5-3-11)6-8-16-9-7-13(14,15)10-16/h2-5H,6-10H2,1H3. The Balaban J connectivity index is 1.82. The molecule has 1 aliphatic rings. The smallest absolute Gasteiger partial charge is 0.261 e. The van der Waals surface area contributed by atoms with E-state index in [0.29, 0.717) is 6.54 Å². The van der Waals surface area contributed by atoms with Gasteiger partial charge in [-0.2, -0.15) is 0 Å². The molecule has 2 rings (SSSR count). The lowest BCUT2D eigenvalue weighted by Crippen LogP contribution is -2.27. The molecule has 1 aromatic carbocycles. The minimum atomic E-state index is -2.47. The Labute approximate surface area is 95.1 Å². The van der Waals surface area contributed by atoms with E-state index in [9.17, 15) is 8.78 Å².